The van der Waals surface area contributed by atoms with Crippen LogP contribution in [0.3, 0.4) is 0 Å². The number of alkyl halides is 3. The number of aromatic nitrogens is 2. The Bertz CT molecular complexity index is 595. The van der Waals surface area contributed by atoms with E-state index >= 15 is 0 Å². The third kappa shape index (κ3) is 2.41. The van der Waals surface area contributed by atoms with Gasteiger partial charge in [-0.2, -0.15) is 13.2 Å². The summed E-state index contributed by atoms with van der Waals surface area (Å²) in [5.41, 5.74) is 1.09. The molecule has 0 amide bonds. The second-order valence-electron chi connectivity index (χ2n) is 3.66. The van der Waals surface area contributed by atoms with Gasteiger partial charge in [0.15, 0.2) is 4.77 Å². The molecule has 0 bridgehead atoms. The van der Waals surface area contributed by atoms with Gasteiger partial charge in [0.1, 0.15) is 0 Å². The lowest BCUT2D eigenvalue weighted by Gasteiger charge is -2.08. The number of nitrogens with one attached hydrogen (secondary N) is 2. The summed E-state index contributed by atoms with van der Waals surface area (Å²) in [4.78, 5) is 5.67. The molecule has 0 unspecified atom stereocenters. The highest BCUT2D eigenvalue weighted by Crippen LogP contribution is 2.32. The third-order valence-corrected chi connectivity index (χ3v) is 2.60. The van der Waals surface area contributed by atoms with E-state index in [-0.39, 0.29) is 0 Å². The summed E-state index contributed by atoms with van der Waals surface area (Å²) >= 11 is 4.89. The van der Waals surface area contributed by atoms with E-state index in [2.05, 4.69) is 9.97 Å². The van der Waals surface area contributed by atoms with Crippen LogP contribution < -0.4 is 0 Å². The number of hydrogen-bond donors (Lipinski definition) is 2. The van der Waals surface area contributed by atoms with Crippen LogP contribution in [0.2, 0.25) is 0 Å². The van der Waals surface area contributed by atoms with Crippen molar-refractivity contribution in [3.63, 3.8) is 0 Å². The first kappa shape index (κ1) is 11.9. The van der Waals surface area contributed by atoms with Gasteiger partial charge in [-0.3, -0.25) is 0 Å². The van der Waals surface area contributed by atoms with Crippen molar-refractivity contribution in [3.05, 3.63) is 40.3 Å². The molecular formula is C11H9F3N2S. The van der Waals surface area contributed by atoms with Crippen molar-refractivity contribution in [2.45, 2.75) is 13.1 Å². The number of halogens is 3. The average molecular weight is 258 g/mol. The van der Waals surface area contributed by atoms with Crippen LogP contribution in [-0.4, -0.2) is 9.97 Å². The molecule has 1 aromatic heterocycles. The fourth-order valence-electron chi connectivity index (χ4n) is 1.61. The lowest BCUT2D eigenvalue weighted by atomic mass is 10.1. The van der Waals surface area contributed by atoms with Crippen LogP contribution >= 0.6 is 12.2 Å². The summed E-state index contributed by atoms with van der Waals surface area (Å²) in [6, 6.07) is 5.12. The molecule has 1 heterocycles. The Labute approximate surface area is 101 Å². The highest BCUT2D eigenvalue weighted by molar-refractivity contribution is 7.71. The molecule has 1 aromatic carbocycles. The summed E-state index contributed by atoms with van der Waals surface area (Å²) in [5, 5.41) is 0. The van der Waals surface area contributed by atoms with Crippen molar-refractivity contribution in [2.75, 3.05) is 0 Å². The van der Waals surface area contributed by atoms with Crippen LogP contribution in [0.4, 0.5) is 13.2 Å². The minimum atomic E-state index is -4.34. The second-order valence-corrected chi connectivity index (χ2v) is 4.07. The van der Waals surface area contributed by atoms with Crippen molar-refractivity contribution >= 4 is 12.2 Å². The van der Waals surface area contributed by atoms with Gasteiger partial charge in [-0.25, -0.2) is 0 Å². The van der Waals surface area contributed by atoms with Crippen LogP contribution in [0, 0.1) is 11.7 Å². The van der Waals surface area contributed by atoms with E-state index in [1.165, 1.54) is 6.07 Å². The second kappa shape index (κ2) is 4.03. The first-order valence-corrected chi connectivity index (χ1v) is 5.25. The van der Waals surface area contributed by atoms with Crippen LogP contribution in [0.1, 0.15) is 11.3 Å². The Balaban J connectivity index is 2.54. The SMILES string of the molecule is Cc1[nH]c(=S)[nH]c1-c1cccc(C(F)(F)F)c1. The Morgan fingerprint density at radius 2 is 1.88 bits per heavy atom. The monoisotopic (exact) mass is 258 g/mol. The maximum Gasteiger partial charge on any atom is 0.416 e. The molecule has 0 aliphatic heterocycles. The molecule has 0 spiro atoms. The zero-order valence-corrected chi connectivity index (χ0v) is 9.67. The zero-order valence-electron chi connectivity index (χ0n) is 8.85. The van der Waals surface area contributed by atoms with Crippen molar-refractivity contribution in [3.8, 4) is 11.3 Å². The molecule has 2 nitrogen and oxygen atoms in total. The molecule has 90 valence electrons. The molecule has 0 atom stereocenters. The van der Waals surface area contributed by atoms with Gasteiger partial charge in [-0.1, -0.05) is 12.1 Å². The number of imidazole rings is 1. The van der Waals surface area contributed by atoms with Crippen LogP contribution in [0.25, 0.3) is 11.3 Å². The fourth-order valence-corrected chi connectivity index (χ4v) is 1.87. The van der Waals surface area contributed by atoms with Gasteiger partial charge in [0.05, 0.1) is 11.3 Å². The number of H-pyrrole nitrogens is 2. The molecule has 2 aromatic rings. The van der Waals surface area contributed by atoms with Crippen LogP contribution in [-0.2, 0) is 6.18 Å². The fraction of sp³-hybridized carbons (Fsp3) is 0.182. The molecule has 2 N–H and O–H groups in total. The summed E-state index contributed by atoms with van der Waals surface area (Å²) < 4.78 is 38.1. The Morgan fingerprint density at radius 3 is 2.41 bits per heavy atom. The topological polar surface area (TPSA) is 31.6 Å². The predicted octanol–water partition coefficient (Wildman–Crippen LogP) is 4.07. The minimum absolute atomic E-state index is 0.398. The van der Waals surface area contributed by atoms with Crippen molar-refractivity contribution in [1.29, 1.82) is 0 Å². The average Bonchev–Trinajstić information content (AvgIpc) is 2.57. The van der Waals surface area contributed by atoms with Gasteiger partial charge in [-0.05, 0) is 31.3 Å². The molecule has 0 saturated heterocycles. The molecule has 2 rings (SSSR count). The van der Waals surface area contributed by atoms with E-state index in [1.807, 2.05) is 0 Å². The third-order valence-electron chi connectivity index (χ3n) is 2.39. The van der Waals surface area contributed by atoms with E-state index < -0.39 is 11.7 Å². The molecular weight excluding hydrogens is 249 g/mol. The highest BCUT2D eigenvalue weighted by atomic mass is 32.1. The van der Waals surface area contributed by atoms with Gasteiger partial charge in [0.25, 0.3) is 0 Å². The highest BCUT2D eigenvalue weighted by Gasteiger charge is 2.30. The number of rotatable bonds is 1. The largest absolute Gasteiger partial charge is 0.416 e. The van der Waals surface area contributed by atoms with Gasteiger partial charge >= 0.3 is 6.18 Å². The Kier molecular flexibility index (Phi) is 2.82. The normalized spacial score (nSPS) is 11.8. The molecule has 6 heteroatoms. The molecule has 17 heavy (non-hydrogen) atoms. The van der Waals surface area contributed by atoms with Crippen LogP contribution in [0.5, 0.6) is 0 Å². The molecule has 0 radical (unpaired) electrons. The van der Waals surface area contributed by atoms with Gasteiger partial charge < -0.3 is 9.97 Å². The molecule has 0 aliphatic rings. The lowest BCUT2D eigenvalue weighted by molar-refractivity contribution is -0.137. The van der Waals surface area contributed by atoms with Crippen LogP contribution in [0.15, 0.2) is 24.3 Å². The Morgan fingerprint density at radius 1 is 1.18 bits per heavy atom. The smallest absolute Gasteiger partial charge is 0.334 e. The van der Waals surface area contributed by atoms with Gasteiger partial charge in [0, 0.05) is 11.3 Å². The molecule has 0 saturated carbocycles. The standard InChI is InChI=1S/C11H9F3N2S/c1-6-9(16-10(17)15-6)7-3-2-4-8(5-7)11(12,13)14/h2-5H,1H3,(H2,15,16,17). The van der Waals surface area contributed by atoms with Crippen molar-refractivity contribution in [2.24, 2.45) is 0 Å². The molecule has 0 fully saturated rings. The first-order chi connectivity index (χ1) is 7.88. The quantitative estimate of drug-likeness (QED) is 0.742. The number of aromatic amines is 2. The summed E-state index contributed by atoms with van der Waals surface area (Å²) in [7, 11) is 0. The summed E-state index contributed by atoms with van der Waals surface area (Å²) in [6.45, 7) is 1.75. The van der Waals surface area contributed by atoms with Crippen molar-refractivity contribution in [1.82, 2.24) is 9.97 Å². The summed E-state index contributed by atoms with van der Waals surface area (Å²) in [5.74, 6) is 0. The maximum atomic E-state index is 12.6. The van der Waals surface area contributed by atoms with Gasteiger partial charge in [-0.15, -0.1) is 0 Å². The first-order valence-electron chi connectivity index (χ1n) is 4.84. The van der Waals surface area contributed by atoms with Gasteiger partial charge in [0.2, 0.25) is 0 Å². The maximum absolute atomic E-state index is 12.6. The lowest BCUT2D eigenvalue weighted by Crippen LogP contribution is -2.04. The number of aryl methyl sites for hydroxylation is 1. The predicted molar refractivity (Wildman–Crippen MR) is 61.2 cm³/mol. The number of benzene rings is 1. The molecule has 0 aliphatic carbocycles. The van der Waals surface area contributed by atoms with E-state index in [9.17, 15) is 13.2 Å². The Hall–Kier alpha value is -1.56. The van der Waals surface area contributed by atoms with Crippen molar-refractivity contribution < 1.29 is 13.2 Å². The van der Waals surface area contributed by atoms with E-state index in [0.717, 1.165) is 12.1 Å². The van der Waals surface area contributed by atoms with E-state index in [1.54, 1.807) is 13.0 Å². The van der Waals surface area contributed by atoms with E-state index in [4.69, 9.17) is 12.2 Å². The minimum Gasteiger partial charge on any atom is -0.334 e. The number of hydrogen-bond acceptors (Lipinski definition) is 1. The van der Waals surface area contributed by atoms with E-state index in [0.29, 0.717) is 21.7 Å². The zero-order chi connectivity index (χ0) is 12.6. The summed E-state index contributed by atoms with van der Waals surface area (Å²) in [6.07, 6.45) is -4.34.